The van der Waals surface area contributed by atoms with E-state index in [0.717, 1.165) is 36.6 Å². The van der Waals surface area contributed by atoms with Crippen LogP contribution in [0.15, 0.2) is 24.3 Å². The Hall–Kier alpha value is -1.55. The van der Waals surface area contributed by atoms with Crippen molar-refractivity contribution in [3.63, 3.8) is 0 Å². The van der Waals surface area contributed by atoms with Gasteiger partial charge in [0.05, 0.1) is 17.6 Å². The molecule has 2 unspecified atom stereocenters. The maximum atomic E-state index is 5.44. The number of para-hydroxylation sites is 2. The Morgan fingerprint density at radius 2 is 2.28 bits per heavy atom. The maximum absolute atomic E-state index is 5.44. The molecule has 3 rings (SSSR count). The summed E-state index contributed by atoms with van der Waals surface area (Å²) >= 11 is 0. The summed E-state index contributed by atoms with van der Waals surface area (Å²) in [7, 11) is 2.05. The van der Waals surface area contributed by atoms with Gasteiger partial charge in [0.2, 0.25) is 5.95 Å². The quantitative estimate of drug-likeness (QED) is 0.902. The first-order chi connectivity index (χ1) is 8.75. The number of imidazole rings is 1. The molecule has 1 N–H and O–H groups in total. The number of aromatic nitrogens is 2. The standard InChI is InChI=1S/C14H19N3O/c1-10(11-7-8-18-9-11)15-14-16-12-5-3-4-6-13(12)17(14)2/h3-6,10-11H,7-9H2,1-2H3,(H,15,16). The molecule has 4 heteroatoms. The highest BCUT2D eigenvalue weighted by molar-refractivity contribution is 5.78. The summed E-state index contributed by atoms with van der Waals surface area (Å²) in [5.41, 5.74) is 2.20. The number of fused-ring (bicyclic) bond motifs is 1. The van der Waals surface area contributed by atoms with Crippen molar-refractivity contribution in [1.82, 2.24) is 9.55 Å². The summed E-state index contributed by atoms with van der Waals surface area (Å²) in [6.07, 6.45) is 1.14. The third-order valence-corrected chi connectivity index (χ3v) is 3.82. The molecular weight excluding hydrogens is 226 g/mol. The van der Waals surface area contributed by atoms with Crippen LogP contribution >= 0.6 is 0 Å². The molecule has 1 aromatic carbocycles. The van der Waals surface area contributed by atoms with E-state index in [-0.39, 0.29) is 0 Å². The molecule has 0 amide bonds. The molecule has 0 radical (unpaired) electrons. The molecule has 1 saturated heterocycles. The molecule has 18 heavy (non-hydrogen) atoms. The summed E-state index contributed by atoms with van der Waals surface area (Å²) in [4.78, 5) is 4.63. The van der Waals surface area contributed by atoms with Crippen molar-refractivity contribution in [2.24, 2.45) is 13.0 Å². The first-order valence-corrected chi connectivity index (χ1v) is 6.51. The summed E-state index contributed by atoms with van der Waals surface area (Å²) < 4.78 is 7.55. The largest absolute Gasteiger partial charge is 0.381 e. The zero-order valence-corrected chi connectivity index (χ0v) is 10.9. The van der Waals surface area contributed by atoms with Crippen LogP contribution in [0, 0.1) is 5.92 Å². The number of benzene rings is 1. The second kappa shape index (κ2) is 4.61. The molecule has 0 saturated carbocycles. The Morgan fingerprint density at radius 3 is 3.00 bits per heavy atom. The predicted octanol–water partition coefficient (Wildman–Crippen LogP) is 2.41. The van der Waals surface area contributed by atoms with Crippen molar-refractivity contribution in [3.8, 4) is 0 Å². The average Bonchev–Trinajstić information content (AvgIpc) is 3.00. The Labute approximate surface area is 107 Å². The van der Waals surface area contributed by atoms with Gasteiger partial charge in [-0.15, -0.1) is 0 Å². The van der Waals surface area contributed by atoms with Crippen LogP contribution in [0.5, 0.6) is 0 Å². The Bertz CT molecular complexity index is 543. The molecule has 0 bridgehead atoms. The second-order valence-corrected chi connectivity index (χ2v) is 5.04. The fraction of sp³-hybridized carbons (Fsp3) is 0.500. The van der Waals surface area contributed by atoms with E-state index in [1.54, 1.807) is 0 Å². The highest BCUT2D eigenvalue weighted by Gasteiger charge is 2.23. The van der Waals surface area contributed by atoms with Gasteiger partial charge < -0.3 is 14.6 Å². The topological polar surface area (TPSA) is 39.1 Å². The molecule has 1 fully saturated rings. The van der Waals surface area contributed by atoms with Crippen molar-refractivity contribution in [3.05, 3.63) is 24.3 Å². The summed E-state index contributed by atoms with van der Waals surface area (Å²) in [5, 5.41) is 3.51. The molecular formula is C14H19N3O. The number of hydrogen-bond acceptors (Lipinski definition) is 3. The van der Waals surface area contributed by atoms with Gasteiger partial charge in [-0.05, 0) is 25.5 Å². The average molecular weight is 245 g/mol. The van der Waals surface area contributed by atoms with Crippen molar-refractivity contribution in [1.29, 1.82) is 0 Å². The fourth-order valence-corrected chi connectivity index (χ4v) is 2.54. The van der Waals surface area contributed by atoms with E-state index in [1.165, 1.54) is 0 Å². The third kappa shape index (κ3) is 1.97. The van der Waals surface area contributed by atoms with Gasteiger partial charge in [-0.3, -0.25) is 0 Å². The minimum Gasteiger partial charge on any atom is -0.381 e. The van der Waals surface area contributed by atoms with Crippen molar-refractivity contribution < 1.29 is 4.74 Å². The second-order valence-electron chi connectivity index (χ2n) is 5.04. The predicted molar refractivity (Wildman–Crippen MR) is 72.7 cm³/mol. The van der Waals surface area contributed by atoms with Gasteiger partial charge in [-0.2, -0.15) is 0 Å². The van der Waals surface area contributed by atoms with Crippen LogP contribution in [0.25, 0.3) is 11.0 Å². The number of nitrogens with zero attached hydrogens (tertiary/aromatic N) is 2. The lowest BCUT2D eigenvalue weighted by Gasteiger charge is -2.19. The molecule has 0 aliphatic carbocycles. The molecule has 2 heterocycles. The highest BCUT2D eigenvalue weighted by Crippen LogP contribution is 2.22. The van der Waals surface area contributed by atoms with Gasteiger partial charge in [0.25, 0.3) is 0 Å². The summed E-state index contributed by atoms with van der Waals surface area (Å²) in [5.74, 6) is 1.53. The van der Waals surface area contributed by atoms with Crippen LogP contribution in [0.4, 0.5) is 5.95 Å². The minimum absolute atomic E-state index is 0.392. The van der Waals surface area contributed by atoms with Gasteiger partial charge in [-0.1, -0.05) is 12.1 Å². The van der Waals surface area contributed by atoms with Gasteiger partial charge in [0.1, 0.15) is 0 Å². The monoisotopic (exact) mass is 245 g/mol. The molecule has 2 aromatic rings. The number of anilines is 1. The summed E-state index contributed by atoms with van der Waals surface area (Å²) in [6.45, 7) is 3.95. The van der Waals surface area contributed by atoms with Crippen LogP contribution in [-0.4, -0.2) is 28.8 Å². The Morgan fingerprint density at radius 1 is 1.44 bits per heavy atom. The lowest BCUT2D eigenvalue weighted by atomic mass is 10.0. The van der Waals surface area contributed by atoms with Gasteiger partial charge in [0.15, 0.2) is 0 Å². The maximum Gasteiger partial charge on any atom is 0.203 e. The summed E-state index contributed by atoms with van der Waals surface area (Å²) in [6, 6.07) is 8.60. The van der Waals surface area contributed by atoms with Crippen LogP contribution < -0.4 is 5.32 Å². The van der Waals surface area contributed by atoms with Crippen molar-refractivity contribution in [2.75, 3.05) is 18.5 Å². The first-order valence-electron chi connectivity index (χ1n) is 6.51. The molecule has 2 atom stereocenters. The number of nitrogens with one attached hydrogen (secondary N) is 1. The third-order valence-electron chi connectivity index (χ3n) is 3.82. The fourth-order valence-electron chi connectivity index (χ4n) is 2.54. The SMILES string of the molecule is CC(Nc1nc2ccccc2n1C)C1CCOC1. The van der Waals surface area contributed by atoms with Crippen molar-refractivity contribution in [2.45, 2.75) is 19.4 Å². The van der Waals surface area contributed by atoms with Gasteiger partial charge in [0, 0.05) is 25.6 Å². The van der Waals surface area contributed by atoms with Crippen molar-refractivity contribution >= 4 is 17.0 Å². The lowest BCUT2D eigenvalue weighted by molar-refractivity contribution is 0.183. The smallest absolute Gasteiger partial charge is 0.203 e. The van der Waals surface area contributed by atoms with Gasteiger partial charge in [-0.25, -0.2) is 4.98 Å². The first kappa shape index (κ1) is 11.5. The number of rotatable bonds is 3. The Kier molecular flexibility index (Phi) is 2.96. The van der Waals surface area contributed by atoms with E-state index >= 15 is 0 Å². The number of ether oxygens (including phenoxy) is 1. The van der Waals surface area contributed by atoms with E-state index in [1.807, 2.05) is 18.2 Å². The van der Waals surface area contributed by atoms with Gasteiger partial charge >= 0.3 is 0 Å². The van der Waals surface area contributed by atoms with Crippen LogP contribution in [0.1, 0.15) is 13.3 Å². The molecule has 1 aliphatic rings. The van der Waals surface area contributed by atoms with E-state index in [2.05, 4.69) is 34.9 Å². The molecule has 4 nitrogen and oxygen atoms in total. The highest BCUT2D eigenvalue weighted by atomic mass is 16.5. The number of aryl methyl sites for hydroxylation is 1. The molecule has 0 spiro atoms. The molecule has 96 valence electrons. The van der Waals surface area contributed by atoms with Crippen LogP contribution in [0.2, 0.25) is 0 Å². The van der Waals surface area contributed by atoms with E-state index in [9.17, 15) is 0 Å². The lowest BCUT2D eigenvalue weighted by Crippen LogP contribution is -2.27. The Balaban J connectivity index is 1.83. The van der Waals surface area contributed by atoms with Crippen LogP contribution in [0.3, 0.4) is 0 Å². The minimum atomic E-state index is 0.392. The normalized spacial score (nSPS) is 21.3. The molecule has 1 aliphatic heterocycles. The molecule has 1 aromatic heterocycles. The zero-order chi connectivity index (χ0) is 12.5. The van der Waals surface area contributed by atoms with E-state index in [4.69, 9.17) is 4.74 Å². The van der Waals surface area contributed by atoms with E-state index < -0.39 is 0 Å². The van der Waals surface area contributed by atoms with Crippen LogP contribution in [-0.2, 0) is 11.8 Å². The zero-order valence-electron chi connectivity index (χ0n) is 10.9. The van der Waals surface area contributed by atoms with E-state index in [0.29, 0.717) is 12.0 Å². The number of hydrogen-bond donors (Lipinski definition) is 1.